The van der Waals surface area contributed by atoms with E-state index < -0.39 is 11.9 Å². The molecule has 1 aromatic carbocycles. The number of carboxylic acids is 1. The minimum absolute atomic E-state index is 0.193. The molecule has 1 heterocycles. The zero-order valence-electron chi connectivity index (χ0n) is 13.5. The molecule has 23 heavy (non-hydrogen) atoms. The van der Waals surface area contributed by atoms with Crippen molar-refractivity contribution < 1.29 is 28.9 Å². The zero-order valence-corrected chi connectivity index (χ0v) is 13.5. The Balaban J connectivity index is 2.21. The molecule has 0 bridgehead atoms. The molecule has 1 fully saturated rings. The zero-order chi connectivity index (χ0) is 17.0. The molecule has 1 saturated heterocycles. The van der Waals surface area contributed by atoms with E-state index in [4.69, 9.17) is 14.2 Å². The first-order chi connectivity index (χ1) is 11.0. The molecule has 1 amide bonds. The number of carbonyl (C=O) groups is 2. The molecule has 0 spiro atoms. The summed E-state index contributed by atoms with van der Waals surface area (Å²) in [5.74, 6) is -0.508. The van der Waals surface area contributed by atoms with Gasteiger partial charge in [0.1, 0.15) is 0 Å². The van der Waals surface area contributed by atoms with E-state index in [1.165, 1.54) is 21.3 Å². The number of carboxylic acid groups (broad SMARTS) is 1. The fourth-order valence-electron chi connectivity index (χ4n) is 2.71. The highest BCUT2D eigenvalue weighted by Crippen LogP contribution is 2.38. The average Bonchev–Trinajstić information content (AvgIpc) is 2.59. The van der Waals surface area contributed by atoms with Gasteiger partial charge in [0.15, 0.2) is 11.5 Å². The van der Waals surface area contributed by atoms with Crippen molar-refractivity contribution >= 4 is 11.9 Å². The van der Waals surface area contributed by atoms with Gasteiger partial charge in [0.25, 0.3) is 5.91 Å². The maximum absolute atomic E-state index is 12.6. The van der Waals surface area contributed by atoms with Gasteiger partial charge in [0, 0.05) is 30.5 Å². The van der Waals surface area contributed by atoms with Crippen LogP contribution in [0, 0.1) is 5.92 Å². The Labute approximate surface area is 134 Å². The molecular weight excluding hydrogens is 302 g/mol. The number of likely N-dealkylation sites (tertiary alicyclic amines) is 1. The number of hydrogen-bond acceptors (Lipinski definition) is 6. The van der Waals surface area contributed by atoms with Crippen molar-refractivity contribution in [2.24, 2.45) is 5.92 Å². The van der Waals surface area contributed by atoms with Crippen molar-refractivity contribution in [3.8, 4) is 17.2 Å². The first-order valence-corrected chi connectivity index (χ1v) is 7.32. The summed E-state index contributed by atoms with van der Waals surface area (Å²) in [7, 11) is 4.46. The van der Waals surface area contributed by atoms with Gasteiger partial charge in [-0.1, -0.05) is 0 Å². The van der Waals surface area contributed by atoms with Crippen molar-refractivity contribution in [3.05, 3.63) is 17.7 Å². The third kappa shape index (κ3) is 3.49. The standard InChI is InChI=1S/C16H21NO6/c1-21-12-8-11(9-13(22-2)14(12)23-3)15(18)17-6-4-10(5-7-17)16(19)20/h8-10H,4-7H2,1-3H3,(H,19,20)/p-1. The van der Waals surface area contributed by atoms with Crippen molar-refractivity contribution in [1.82, 2.24) is 4.90 Å². The fraction of sp³-hybridized carbons (Fsp3) is 0.500. The van der Waals surface area contributed by atoms with Gasteiger partial charge in [-0.2, -0.15) is 0 Å². The topological polar surface area (TPSA) is 88.1 Å². The summed E-state index contributed by atoms with van der Waals surface area (Å²) in [5, 5.41) is 10.9. The Morgan fingerprint density at radius 2 is 1.57 bits per heavy atom. The van der Waals surface area contributed by atoms with Crippen LogP contribution in [0.15, 0.2) is 12.1 Å². The van der Waals surface area contributed by atoms with Gasteiger partial charge in [-0.3, -0.25) is 4.79 Å². The molecule has 0 aliphatic carbocycles. The maximum atomic E-state index is 12.6. The van der Waals surface area contributed by atoms with Gasteiger partial charge in [0.2, 0.25) is 5.75 Å². The number of nitrogens with zero attached hydrogens (tertiary/aromatic N) is 1. The molecular formula is C16H20NO6-. The number of piperidine rings is 1. The summed E-state index contributed by atoms with van der Waals surface area (Å²) < 4.78 is 15.7. The smallest absolute Gasteiger partial charge is 0.254 e. The molecule has 0 radical (unpaired) electrons. The van der Waals surface area contributed by atoms with Gasteiger partial charge < -0.3 is 29.0 Å². The lowest BCUT2D eigenvalue weighted by Gasteiger charge is -2.32. The molecule has 0 N–H and O–H groups in total. The van der Waals surface area contributed by atoms with Gasteiger partial charge in [-0.25, -0.2) is 0 Å². The van der Waals surface area contributed by atoms with E-state index in [1.54, 1.807) is 17.0 Å². The lowest BCUT2D eigenvalue weighted by atomic mass is 9.96. The molecule has 7 heteroatoms. The van der Waals surface area contributed by atoms with Crippen LogP contribution in [0.3, 0.4) is 0 Å². The average molecular weight is 322 g/mol. The number of benzene rings is 1. The van der Waals surface area contributed by atoms with Crippen LogP contribution in [0.2, 0.25) is 0 Å². The van der Waals surface area contributed by atoms with Gasteiger partial charge >= 0.3 is 0 Å². The first kappa shape index (κ1) is 16.9. The quantitative estimate of drug-likeness (QED) is 0.775. The van der Waals surface area contributed by atoms with Crippen LogP contribution in [-0.2, 0) is 4.79 Å². The first-order valence-electron chi connectivity index (χ1n) is 7.32. The summed E-state index contributed by atoms with van der Waals surface area (Å²) in [4.78, 5) is 25.1. The minimum Gasteiger partial charge on any atom is -0.550 e. The Kier molecular flexibility index (Phi) is 5.31. The van der Waals surface area contributed by atoms with E-state index in [0.29, 0.717) is 48.7 Å². The number of carbonyl (C=O) groups excluding carboxylic acids is 2. The highest BCUT2D eigenvalue weighted by atomic mass is 16.5. The Bertz CT molecular complexity index is 567. The van der Waals surface area contributed by atoms with Crippen LogP contribution in [0.5, 0.6) is 17.2 Å². The molecule has 1 aliphatic heterocycles. The second kappa shape index (κ2) is 7.21. The highest BCUT2D eigenvalue weighted by Gasteiger charge is 2.26. The third-order valence-electron chi connectivity index (χ3n) is 4.03. The predicted molar refractivity (Wildman–Crippen MR) is 79.7 cm³/mol. The number of hydrogen-bond donors (Lipinski definition) is 0. The Morgan fingerprint density at radius 3 is 1.96 bits per heavy atom. The summed E-state index contributed by atoms with van der Waals surface area (Å²) in [6.45, 7) is 0.766. The van der Waals surface area contributed by atoms with Gasteiger partial charge in [-0.15, -0.1) is 0 Å². The van der Waals surface area contributed by atoms with Crippen LogP contribution >= 0.6 is 0 Å². The van der Waals surface area contributed by atoms with Gasteiger partial charge in [-0.05, 0) is 25.0 Å². The summed E-state index contributed by atoms with van der Waals surface area (Å²) >= 11 is 0. The van der Waals surface area contributed by atoms with Crippen LogP contribution in [0.25, 0.3) is 0 Å². The van der Waals surface area contributed by atoms with E-state index in [0.717, 1.165) is 0 Å². The number of rotatable bonds is 5. The third-order valence-corrected chi connectivity index (χ3v) is 4.03. The van der Waals surface area contributed by atoms with Crippen LogP contribution in [-0.4, -0.2) is 51.2 Å². The van der Waals surface area contributed by atoms with Crippen molar-refractivity contribution in [1.29, 1.82) is 0 Å². The summed E-state index contributed by atoms with van der Waals surface area (Å²) in [6, 6.07) is 3.18. The van der Waals surface area contributed by atoms with Crippen LogP contribution in [0.4, 0.5) is 0 Å². The van der Waals surface area contributed by atoms with E-state index >= 15 is 0 Å². The number of ether oxygens (including phenoxy) is 3. The van der Waals surface area contributed by atoms with Gasteiger partial charge in [0.05, 0.1) is 21.3 Å². The Hall–Kier alpha value is -2.44. The molecule has 0 unspecified atom stereocenters. The molecule has 126 valence electrons. The maximum Gasteiger partial charge on any atom is 0.254 e. The number of aliphatic carboxylic acids is 1. The molecule has 2 rings (SSSR count). The lowest BCUT2D eigenvalue weighted by Crippen LogP contribution is -2.43. The van der Waals surface area contributed by atoms with E-state index in [9.17, 15) is 14.7 Å². The van der Waals surface area contributed by atoms with E-state index in [1.807, 2.05) is 0 Å². The summed E-state index contributed by atoms with van der Waals surface area (Å²) in [6.07, 6.45) is 0.803. The SMILES string of the molecule is COc1cc(C(=O)N2CCC(C(=O)[O-])CC2)cc(OC)c1OC. The lowest BCUT2D eigenvalue weighted by molar-refractivity contribution is -0.312. The molecule has 1 aliphatic rings. The number of methoxy groups -OCH3 is 3. The number of amides is 1. The normalized spacial score (nSPS) is 15.2. The highest BCUT2D eigenvalue weighted by molar-refractivity contribution is 5.95. The molecule has 0 saturated carbocycles. The second-order valence-electron chi connectivity index (χ2n) is 5.30. The van der Waals surface area contributed by atoms with Crippen LogP contribution in [0.1, 0.15) is 23.2 Å². The minimum atomic E-state index is -1.05. The molecule has 0 aromatic heterocycles. The molecule has 7 nitrogen and oxygen atoms in total. The molecule has 0 atom stereocenters. The van der Waals surface area contributed by atoms with Crippen molar-refractivity contribution in [3.63, 3.8) is 0 Å². The van der Waals surface area contributed by atoms with E-state index in [-0.39, 0.29) is 5.91 Å². The van der Waals surface area contributed by atoms with E-state index in [2.05, 4.69) is 0 Å². The predicted octanol–water partition coefficient (Wildman–Crippen LogP) is 0.315. The fourth-order valence-corrected chi connectivity index (χ4v) is 2.71. The molecule has 1 aromatic rings. The monoisotopic (exact) mass is 322 g/mol. The largest absolute Gasteiger partial charge is 0.550 e. The second-order valence-corrected chi connectivity index (χ2v) is 5.30. The Morgan fingerprint density at radius 1 is 1.04 bits per heavy atom. The van der Waals surface area contributed by atoms with Crippen LogP contribution < -0.4 is 19.3 Å². The van der Waals surface area contributed by atoms with Crippen molar-refractivity contribution in [2.45, 2.75) is 12.8 Å². The summed E-state index contributed by atoms with van der Waals surface area (Å²) in [5.41, 5.74) is 0.409. The van der Waals surface area contributed by atoms with Crippen molar-refractivity contribution in [2.75, 3.05) is 34.4 Å².